The second kappa shape index (κ2) is 7.16. The fourth-order valence-electron chi connectivity index (χ4n) is 2.96. The van der Waals surface area contributed by atoms with Crippen molar-refractivity contribution in [3.63, 3.8) is 0 Å². The van der Waals surface area contributed by atoms with Crippen molar-refractivity contribution in [1.29, 1.82) is 0 Å². The van der Waals surface area contributed by atoms with Crippen LogP contribution in [0.2, 0.25) is 0 Å². The number of sulfonamides is 1. The molecule has 1 aromatic carbocycles. The average Bonchev–Trinajstić information content (AvgIpc) is 2.94. The van der Waals surface area contributed by atoms with Gasteiger partial charge in [-0.25, -0.2) is 13.2 Å². The van der Waals surface area contributed by atoms with Crippen LogP contribution in [0, 0.1) is 0 Å². The quantitative estimate of drug-likeness (QED) is 0.651. The molecule has 0 fully saturated rings. The molecule has 0 bridgehead atoms. The minimum atomic E-state index is -4.74. The van der Waals surface area contributed by atoms with Crippen LogP contribution in [0.5, 0.6) is 0 Å². The van der Waals surface area contributed by atoms with E-state index in [1.165, 1.54) is 6.07 Å². The minimum absolute atomic E-state index is 0.00461. The van der Waals surface area contributed by atoms with E-state index in [9.17, 15) is 31.5 Å². The number of fused-ring (bicyclic) bond motifs is 1. The first-order valence-electron chi connectivity index (χ1n) is 8.29. The number of aromatic carboxylic acids is 1. The van der Waals surface area contributed by atoms with Gasteiger partial charge >= 0.3 is 12.1 Å². The Morgan fingerprint density at radius 3 is 2.41 bits per heavy atom. The number of benzene rings is 1. The maximum absolute atomic E-state index is 12.6. The number of alkyl halides is 3. The lowest BCUT2D eigenvalue weighted by Crippen LogP contribution is -2.42. The summed E-state index contributed by atoms with van der Waals surface area (Å²) in [5, 5.41) is 10.1. The molecule has 7 nitrogen and oxygen atoms in total. The molecule has 0 saturated carbocycles. The molecule has 154 valence electrons. The minimum Gasteiger partial charge on any atom is -0.478 e. The van der Waals surface area contributed by atoms with Crippen LogP contribution in [0.4, 0.5) is 13.2 Å². The van der Waals surface area contributed by atoms with Gasteiger partial charge in [-0.2, -0.15) is 17.9 Å². The summed E-state index contributed by atoms with van der Waals surface area (Å²) in [6.07, 6.45) is -3.84. The normalized spacial score (nSPS) is 13.6. The maximum Gasteiger partial charge on any atom is 0.404 e. The molecule has 0 saturated heterocycles. The smallest absolute Gasteiger partial charge is 0.404 e. The van der Waals surface area contributed by atoms with Gasteiger partial charge in [0.2, 0.25) is 10.0 Å². The molecule has 3 rings (SSSR count). The molecule has 3 aromatic rings. The van der Waals surface area contributed by atoms with Crippen LogP contribution in [0.15, 0.2) is 47.5 Å². The second-order valence-corrected chi connectivity index (χ2v) is 8.08. The van der Waals surface area contributed by atoms with E-state index in [-0.39, 0.29) is 17.0 Å². The molecule has 0 radical (unpaired) electrons. The van der Waals surface area contributed by atoms with E-state index in [4.69, 9.17) is 0 Å². The Kier molecular flexibility index (Phi) is 5.13. The zero-order valence-corrected chi connectivity index (χ0v) is 16.0. The molecule has 0 aliphatic heterocycles. The standard InChI is InChI=1S/C18H16F3N3O4S/c1-10(18(19,20)21)23-29(27,28)11-7-8-13(22-9-11)16-15(17(25)26)12-5-3-4-6-14(12)24(16)2/h3-10,23H,1-2H3,(H,25,26). The highest BCUT2D eigenvalue weighted by molar-refractivity contribution is 7.89. The highest BCUT2D eigenvalue weighted by atomic mass is 32.2. The Balaban J connectivity index is 2.05. The number of aryl methyl sites for hydroxylation is 1. The third kappa shape index (κ3) is 3.83. The molecule has 1 unspecified atom stereocenters. The predicted molar refractivity (Wildman–Crippen MR) is 98.9 cm³/mol. The number of hydrogen-bond acceptors (Lipinski definition) is 4. The van der Waals surface area contributed by atoms with E-state index in [2.05, 4.69) is 4.98 Å². The molecule has 0 spiro atoms. The third-order valence-corrected chi connectivity index (χ3v) is 5.96. The van der Waals surface area contributed by atoms with Crippen LogP contribution in [0.3, 0.4) is 0 Å². The van der Waals surface area contributed by atoms with Crippen molar-refractivity contribution < 1.29 is 31.5 Å². The number of nitrogens with zero attached hydrogens (tertiary/aromatic N) is 2. The van der Waals surface area contributed by atoms with Gasteiger partial charge in [0.05, 0.1) is 17.0 Å². The van der Waals surface area contributed by atoms with Crippen molar-refractivity contribution in [3.05, 3.63) is 48.2 Å². The van der Waals surface area contributed by atoms with Crippen LogP contribution in [0.25, 0.3) is 22.3 Å². The zero-order chi connectivity index (χ0) is 21.6. The van der Waals surface area contributed by atoms with E-state index in [1.54, 1.807) is 40.6 Å². The molecule has 2 aromatic heterocycles. The largest absolute Gasteiger partial charge is 0.478 e. The lowest BCUT2D eigenvalue weighted by atomic mass is 10.1. The van der Waals surface area contributed by atoms with Crippen molar-refractivity contribution in [3.8, 4) is 11.4 Å². The van der Waals surface area contributed by atoms with E-state index in [1.807, 2.05) is 0 Å². The summed E-state index contributed by atoms with van der Waals surface area (Å²) in [4.78, 5) is 15.3. The lowest BCUT2D eigenvalue weighted by molar-refractivity contribution is -0.147. The van der Waals surface area contributed by atoms with Gasteiger partial charge in [0.1, 0.15) is 10.9 Å². The molecule has 2 N–H and O–H groups in total. The molecule has 29 heavy (non-hydrogen) atoms. The molecule has 0 aliphatic rings. The first kappa shape index (κ1) is 20.8. The number of carboxylic acid groups (broad SMARTS) is 1. The zero-order valence-electron chi connectivity index (χ0n) is 15.2. The SMILES string of the molecule is CC(NS(=O)(=O)c1ccc(-c2c(C(=O)O)c3ccccc3n2C)nc1)C(F)(F)F. The predicted octanol–water partition coefficient (Wildman–Crippen LogP) is 3.17. The number of pyridine rings is 1. The number of halogens is 3. The summed E-state index contributed by atoms with van der Waals surface area (Å²) in [5.41, 5.74) is 1.05. The Morgan fingerprint density at radius 1 is 1.21 bits per heavy atom. The molecule has 11 heteroatoms. The van der Waals surface area contributed by atoms with Gasteiger partial charge in [0, 0.05) is 24.1 Å². The number of para-hydroxylation sites is 1. The van der Waals surface area contributed by atoms with Gasteiger partial charge in [-0.05, 0) is 25.1 Å². The topological polar surface area (TPSA) is 101 Å². The van der Waals surface area contributed by atoms with E-state index < -0.39 is 33.1 Å². The van der Waals surface area contributed by atoms with Crippen LogP contribution in [0.1, 0.15) is 17.3 Å². The molecule has 0 aliphatic carbocycles. The Hall–Kier alpha value is -2.92. The first-order chi connectivity index (χ1) is 13.4. The van der Waals surface area contributed by atoms with Gasteiger partial charge in [-0.3, -0.25) is 4.98 Å². The van der Waals surface area contributed by atoms with Crippen molar-refractivity contribution in [2.45, 2.75) is 24.0 Å². The highest BCUT2D eigenvalue weighted by Gasteiger charge is 2.39. The fraction of sp³-hybridized carbons (Fsp3) is 0.222. The summed E-state index contributed by atoms with van der Waals surface area (Å²) < 4.78 is 65.4. The highest BCUT2D eigenvalue weighted by Crippen LogP contribution is 2.32. The Bertz CT molecular complexity index is 1190. The Labute approximate surface area is 163 Å². The first-order valence-corrected chi connectivity index (χ1v) is 9.78. The summed E-state index contributed by atoms with van der Waals surface area (Å²) in [6.45, 7) is 0.688. The fourth-order valence-corrected chi connectivity index (χ4v) is 4.13. The molecular weight excluding hydrogens is 411 g/mol. The second-order valence-electron chi connectivity index (χ2n) is 6.37. The summed E-state index contributed by atoms with van der Waals surface area (Å²) in [5.74, 6) is -1.18. The lowest BCUT2D eigenvalue weighted by Gasteiger charge is -2.17. The van der Waals surface area contributed by atoms with Crippen molar-refractivity contribution >= 4 is 26.9 Å². The number of aromatic nitrogens is 2. The summed E-state index contributed by atoms with van der Waals surface area (Å²) in [6, 6.07) is 6.87. The number of carbonyl (C=O) groups is 1. The van der Waals surface area contributed by atoms with Crippen molar-refractivity contribution in [2.24, 2.45) is 7.05 Å². The summed E-state index contributed by atoms with van der Waals surface area (Å²) >= 11 is 0. The van der Waals surface area contributed by atoms with Crippen LogP contribution in [-0.2, 0) is 17.1 Å². The van der Waals surface area contributed by atoms with Gasteiger partial charge in [-0.15, -0.1) is 0 Å². The molecule has 0 amide bonds. The molecular formula is C18H16F3N3O4S. The molecule has 2 heterocycles. The van der Waals surface area contributed by atoms with Crippen LogP contribution >= 0.6 is 0 Å². The van der Waals surface area contributed by atoms with E-state index in [0.717, 1.165) is 12.3 Å². The molecule has 1 atom stereocenters. The average molecular weight is 427 g/mol. The van der Waals surface area contributed by atoms with E-state index in [0.29, 0.717) is 17.8 Å². The van der Waals surface area contributed by atoms with Crippen LogP contribution < -0.4 is 4.72 Å². The third-order valence-electron chi connectivity index (χ3n) is 4.43. The summed E-state index contributed by atoms with van der Waals surface area (Å²) in [7, 11) is -2.82. The van der Waals surface area contributed by atoms with E-state index >= 15 is 0 Å². The number of carboxylic acids is 1. The van der Waals surface area contributed by atoms with Gasteiger partial charge in [0.15, 0.2) is 0 Å². The van der Waals surface area contributed by atoms with Crippen LogP contribution in [-0.4, -0.2) is 41.3 Å². The van der Waals surface area contributed by atoms with Gasteiger partial charge in [-0.1, -0.05) is 18.2 Å². The number of hydrogen-bond donors (Lipinski definition) is 2. The Morgan fingerprint density at radius 2 is 1.86 bits per heavy atom. The van der Waals surface area contributed by atoms with Crippen molar-refractivity contribution in [1.82, 2.24) is 14.3 Å². The maximum atomic E-state index is 12.6. The van der Waals surface area contributed by atoms with Gasteiger partial charge in [0.25, 0.3) is 0 Å². The van der Waals surface area contributed by atoms with Gasteiger partial charge < -0.3 is 9.67 Å². The number of nitrogens with one attached hydrogen (secondary N) is 1. The number of rotatable bonds is 5. The van der Waals surface area contributed by atoms with Crippen molar-refractivity contribution in [2.75, 3.05) is 0 Å². The monoisotopic (exact) mass is 427 g/mol.